The second-order valence-corrected chi connectivity index (χ2v) is 8.23. The molecule has 1 aromatic rings. The van der Waals surface area contributed by atoms with Crippen LogP contribution in [0.2, 0.25) is 10.0 Å². The molecular weight excluding hydrogens is 375 g/mol. The lowest BCUT2D eigenvalue weighted by molar-refractivity contribution is -0.200. The molecule has 0 radical (unpaired) electrons. The van der Waals surface area contributed by atoms with Crippen LogP contribution in [0.3, 0.4) is 0 Å². The monoisotopic (exact) mass is 398 g/mol. The smallest absolute Gasteiger partial charge is 0.253 e. The third-order valence-electron chi connectivity index (χ3n) is 5.94. The lowest BCUT2D eigenvalue weighted by Gasteiger charge is -2.51. The van der Waals surface area contributed by atoms with Gasteiger partial charge in [-0.25, -0.2) is 0 Å². The highest BCUT2D eigenvalue weighted by Gasteiger charge is 2.49. The number of nitrogens with zero attached hydrogens (tertiary/aromatic N) is 2. The van der Waals surface area contributed by atoms with Crippen LogP contribution < -0.4 is 0 Å². The number of likely N-dealkylation sites (N-methyl/N-ethyl adjacent to an activating group) is 1. The number of ether oxygens (including phenoxy) is 2. The number of benzene rings is 1. The van der Waals surface area contributed by atoms with E-state index in [4.69, 9.17) is 32.7 Å². The summed E-state index contributed by atoms with van der Waals surface area (Å²) >= 11 is 12.1. The molecule has 3 aliphatic rings. The van der Waals surface area contributed by atoms with Gasteiger partial charge in [0.15, 0.2) is 5.79 Å². The number of rotatable bonds is 3. The molecule has 1 spiro atoms. The molecule has 1 saturated carbocycles. The van der Waals surface area contributed by atoms with Crippen LogP contribution in [0.1, 0.15) is 36.0 Å². The Morgan fingerprint density at radius 2 is 1.96 bits per heavy atom. The van der Waals surface area contributed by atoms with Crippen LogP contribution in [-0.2, 0) is 9.47 Å². The average Bonchev–Trinajstić information content (AvgIpc) is 3.03. The van der Waals surface area contributed by atoms with Gasteiger partial charge in [0.2, 0.25) is 0 Å². The van der Waals surface area contributed by atoms with E-state index >= 15 is 0 Å². The molecule has 0 aromatic heterocycles. The van der Waals surface area contributed by atoms with E-state index in [2.05, 4.69) is 4.90 Å². The van der Waals surface area contributed by atoms with E-state index in [-0.39, 0.29) is 18.0 Å². The summed E-state index contributed by atoms with van der Waals surface area (Å²) in [5, 5.41) is 0.861. The van der Waals surface area contributed by atoms with E-state index in [0.29, 0.717) is 28.8 Å². The number of hydrogen-bond donors (Lipinski definition) is 0. The van der Waals surface area contributed by atoms with Gasteiger partial charge in [0.05, 0.1) is 23.3 Å². The van der Waals surface area contributed by atoms with E-state index in [1.165, 1.54) is 6.42 Å². The molecule has 1 aromatic carbocycles. The molecule has 2 atom stereocenters. The highest BCUT2D eigenvalue weighted by molar-refractivity contribution is 6.42. The second-order valence-electron chi connectivity index (χ2n) is 7.42. The van der Waals surface area contributed by atoms with E-state index in [0.717, 1.165) is 32.4 Å². The first-order valence-electron chi connectivity index (χ1n) is 9.23. The number of carbonyl (C=O) groups excluding carboxylic acids is 1. The average molecular weight is 399 g/mol. The van der Waals surface area contributed by atoms with Gasteiger partial charge in [0.25, 0.3) is 5.91 Å². The quantitative estimate of drug-likeness (QED) is 0.781. The van der Waals surface area contributed by atoms with Gasteiger partial charge in [-0.05, 0) is 44.1 Å². The molecule has 26 heavy (non-hydrogen) atoms. The van der Waals surface area contributed by atoms with Gasteiger partial charge in [-0.1, -0.05) is 23.2 Å². The summed E-state index contributed by atoms with van der Waals surface area (Å²) < 4.78 is 11.9. The third-order valence-corrected chi connectivity index (χ3v) is 6.68. The summed E-state index contributed by atoms with van der Waals surface area (Å²) in [7, 11) is 1.89. The Morgan fingerprint density at radius 3 is 2.58 bits per heavy atom. The maximum absolute atomic E-state index is 13.0. The minimum Gasteiger partial charge on any atom is -0.347 e. The molecule has 7 heteroatoms. The van der Waals surface area contributed by atoms with Gasteiger partial charge in [0, 0.05) is 37.5 Å². The fraction of sp³-hybridized carbons (Fsp3) is 0.632. The molecule has 1 aliphatic carbocycles. The third kappa shape index (κ3) is 3.36. The topological polar surface area (TPSA) is 42.0 Å². The van der Waals surface area contributed by atoms with Crippen molar-refractivity contribution in [2.24, 2.45) is 0 Å². The fourth-order valence-electron chi connectivity index (χ4n) is 4.36. The van der Waals surface area contributed by atoms with Crippen molar-refractivity contribution in [1.82, 2.24) is 9.80 Å². The molecule has 2 aliphatic heterocycles. The molecule has 142 valence electrons. The van der Waals surface area contributed by atoms with E-state index < -0.39 is 5.79 Å². The van der Waals surface area contributed by atoms with E-state index in [1.807, 2.05) is 11.9 Å². The summed E-state index contributed by atoms with van der Waals surface area (Å²) in [5.74, 6) is -0.479. The molecule has 2 unspecified atom stereocenters. The number of amides is 1. The molecule has 0 N–H and O–H groups in total. The first-order chi connectivity index (χ1) is 12.5. The van der Waals surface area contributed by atoms with Gasteiger partial charge < -0.3 is 14.4 Å². The fourth-order valence-corrected chi connectivity index (χ4v) is 4.65. The Balaban J connectivity index is 1.54. The van der Waals surface area contributed by atoms with Crippen LogP contribution in [-0.4, -0.2) is 66.9 Å². The minimum absolute atomic E-state index is 0.0247. The van der Waals surface area contributed by atoms with Gasteiger partial charge in [0.1, 0.15) is 0 Å². The van der Waals surface area contributed by atoms with Crippen molar-refractivity contribution in [3.05, 3.63) is 33.8 Å². The molecule has 2 heterocycles. The predicted octanol–water partition coefficient (Wildman–Crippen LogP) is 3.44. The zero-order valence-corrected chi connectivity index (χ0v) is 16.4. The van der Waals surface area contributed by atoms with E-state index in [9.17, 15) is 4.79 Å². The summed E-state index contributed by atoms with van der Waals surface area (Å²) in [6.07, 6.45) is 3.71. The van der Waals surface area contributed by atoms with Crippen LogP contribution in [0.5, 0.6) is 0 Å². The second kappa shape index (κ2) is 7.28. The predicted molar refractivity (Wildman–Crippen MR) is 101 cm³/mol. The van der Waals surface area contributed by atoms with Crippen LogP contribution in [0.15, 0.2) is 18.2 Å². The standard InChI is InChI=1S/C19H24Cl2N2O3/c1-22(18(24)13-3-4-14(20)15(21)11-13)16-5-6-19(25-9-10-26-19)12-17(16)23-7-2-8-23/h3-4,11,16-17H,2,5-10,12H2,1H3. The van der Waals surface area contributed by atoms with Crippen LogP contribution in [0.25, 0.3) is 0 Å². The maximum atomic E-state index is 13.0. The Morgan fingerprint density at radius 1 is 1.23 bits per heavy atom. The molecule has 2 saturated heterocycles. The highest BCUT2D eigenvalue weighted by atomic mass is 35.5. The minimum atomic E-state index is -0.454. The van der Waals surface area contributed by atoms with Crippen molar-refractivity contribution in [2.75, 3.05) is 33.4 Å². The van der Waals surface area contributed by atoms with Crippen molar-refractivity contribution in [2.45, 2.75) is 43.6 Å². The summed E-state index contributed by atoms with van der Waals surface area (Å²) in [5.41, 5.74) is 0.568. The number of likely N-dealkylation sites (tertiary alicyclic amines) is 1. The SMILES string of the molecule is CN(C(=O)c1ccc(Cl)c(Cl)c1)C1CCC2(CC1N1CCC1)OCCO2. The Labute approximate surface area is 164 Å². The van der Waals surface area contributed by atoms with Crippen LogP contribution in [0, 0.1) is 0 Å². The van der Waals surface area contributed by atoms with Crippen molar-refractivity contribution < 1.29 is 14.3 Å². The van der Waals surface area contributed by atoms with Gasteiger partial charge in [-0.2, -0.15) is 0 Å². The van der Waals surface area contributed by atoms with Crippen molar-refractivity contribution in [1.29, 1.82) is 0 Å². The van der Waals surface area contributed by atoms with Gasteiger partial charge >= 0.3 is 0 Å². The summed E-state index contributed by atoms with van der Waals surface area (Å²) in [6, 6.07) is 5.45. The molecule has 3 fully saturated rings. The van der Waals surface area contributed by atoms with E-state index in [1.54, 1.807) is 18.2 Å². The molecule has 0 bridgehead atoms. The largest absolute Gasteiger partial charge is 0.347 e. The van der Waals surface area contributed by atoms with Gasteiger partial charge in [-0.3, -0.25) is 9.69 Å². The molecule has 4 rings (SSSR count). The lowest BCUT2D eigenvalue weighted by atomic mass is 9.82. The van der Waals surface area contributed by atoms with Crippen molar-refractivity contribution >= 4 is 29.1 Å². The Kier molecular flexibility index (Phi) is 5.19. The van der Waals surface area contributed by atoms with Crippen LogP contribution in [0.4, 0.5) is 0 Å². The number of halogens is 2. The van der Waals surface area contributed by atoms with Crippen molar-refractivity contribution in [3.8, 4) is 0 Å². The normalized spacial score (nSPS) is 28.1. The first kappa shape index (κ1) is 18.5. The Bertz CT molecular complexity index is 689. The lowest BCUT2D eigenvalue weighted by Crippen LogP contribution is -2.61. The molecular formula is C19H24Cl2N2O3. The van der Waals surface area contributed by atoms with Crippen LogP contribution >= 0.6 is 23.2 Å². The first-order valence-corrected chi connectivity index (χ1v) is 9.99. The van der Waals surface area contributed by atoms with Gasteiger partial charge in [-0.15, -0.1) is 0 Å². The zero-order valence-electron chi connectivity index (χ0n) is 14.9. The number of carbonyl (C=O) groups is 1. The molecule has 5 nitrogen and oxygen atoms in total. The number of hydrogen-bond acceptors (Lipinski definition) is 4. The maximum Gasteiger partial charge on any atom is 0.253 e. The Hall–Kier alpha value is -0.850. The molecule has 1 amide bonds. The zero-order chi connectivity index (χ0) is 18.3. The van der Waals surface area contributed by atoms with Crippen molar-refractivity contribution in [3.63, 3.8) is 0 Å². The highest BCUT2D eigenvalue weighted by Crippen LogP contribution is 2.40. The summed E-state index contributed by atoms with van der Waals surface area (Å²) in [6.45, 7) is 3.48. The summed E-state index contributed by atoms with van der Waals surface area (Å²) in [4.78, 5) is 17.4.